The highest BCUT2D eigenvalue weighted by Crippen LogP contribution is 2.31. The Hall–Kier alpha value is -2.73. The molecule has 2 aromatic carbocycles. The summed E-state index contributed by atoms with van der Waals surface area (Å²) in [5.41, 5.74) is 4.24. The molecule has 6 nitrogen and oxygen atoms in total. The van der Waals surface area contributed by atoms with Gasteiger partial charge in [0.15, 0.2) is 0 Å². The number of methoxy groups -OCH3 is 1. The van der Waals surface area contributed by atoms with Gasteiger partial charge in [-0.3, -0.25) is 9.59 Å². The number of rotatable bonds is 7. The third-order valence-corrected chi connectivity index (χ3v) is 4.82. The predicted octanol–water partition coefficient (Wildman–Crippen LogP) is 3.83. The highest BCUT2D eigenvalue weighted by molar-refractivity contribution is 6.31. The lowest BCUT2D eigenvalue weighted by Gasteiger charge is -2.18. The van der Waals surface area contributed by atoms with Crippen LogP contribution in [0.3, 0.4) is 0 Å². The van der Waals surface area contributed by atoms with Gasteiger partial charge in [-0.25, -0.2) is 0 Å². The Labute approximate surface area is 170 Å². The first-order chi connectivity index (χ1) is 13.2. The topological polar surface area (TPSA) is 79.5 Å². The predicted molar refractivity (Wildman–Crippen MR) is 113 cm³/mol. The molecule has 0 heterocycles. The van der Waals surface area contributed by atoms with Crippen LogP contribution in [0.25, 0.3) is 0 Å². The number of benzene rings is 2. The maximum Gasteiger partial charge on any atom is 0.243 e. The molecule has 0 aromatic heterocycles. The molecule has 0 saturated carbocycles. The van der Waals surface area contributed by atoms with Crippen LogP contribution in [0.5, 0.6) is 5.75 Å². The molecule has 2 rings (SSSR count). The van der Waals surface area contributed by atoms with Gasteiger partial charge in [-0.2, -0.15) is 0 Å². The van der Waals surface area contributed by atoms with Crippen LogP contribution in [0.15, 0.2) is 30.3 Å². The van der Waals surface area contributed by atoms with Crippen molar-refractivity contribution in [1.29, 1.82) is 0 Å². The van der Waals surface area contributed by atoms with Crippen molar-refractivity contribution in [2.24, 2.45) is 0 Å². The molecule has 3 N–H and O–H groups in total. The standard InChI is InChI=1S/C21H26ClN3O3/c1-12-7-6-8-13(2)20(12)25-19(26)11-23-21(27)15(4)24-17-9-14(3)16(22)10-18(17)28-5/h6-10,15,24H,11H2,1-5H3,(H,23,27)(H,25,26)/t15-/m1/s1. The Morgan fingerprint density at radius 1 is 1.11 bits per heavy atom. The molecule has 1 atom stereocenters. The summed E-state index contributed by atoms with van der Waals surface area (Å²) in [6.07, 6.45) is 0. The molecule has 0 aliphatic rings. The first-order valence-corrected chi connectivity index (χ1v) is 9.35. The van der Waals surface area contributed by atoms with E-state index in [1.54, 1.807) is 13.0 Å². The molecule has 2 amide bonds. The van der Waals surface area contributed by atoms with Gasteiger partial charge in [-0.05, 0) is 50.5 Å². The highest BCUT2D eigenvalue weighted by Gasteiger charge is 2.17. The Balaban J connectivity index is 1.94. The number of aryl methyl sites for hydroxylation is 3. The van der Waals surface area contributed by atoms with Gasteiger partial charge in [0.1, 0.15) is 11.8 Å². The van der Waals surface area contributed by atoms with E-state index in [9.17, 15) is 9.59 Å². The van der Waals surface area contributed by atoms with Gasteiger partial charge in [0.2, 0.25) is 11.8 Å². The van der Waals surface area contributed by atoms with E-state index in [1.807, 2.05) is 45.0 Å². The zero-order valence-electron chi connectivity index (χ0n) is 16.8. The van der Waals surface area contributed by atoms with Gasteiger partial charge in [0.25, 0.3) is 0 Å². The van der Waals surface area contributed by atoms with Crippen molar-refractivity contribution in [1.82, 2.24) is 5.32 Å². The van der Waals surface area contributed by atoms with Crippen molar-refractivity contribution in [2.75, 3.05) is 24.3 Å². The van der Waals surface area contributed by atoms with Crippen molar-refractivity contribution in [3.63, 3.8) is 0 Å². The molecule has 0 radical (unpaired) electrons. The number of hydrogen-bond acceptors (Lipinski definition) is 4. The Morgan fingerprint density at radius 2 is 1.75 bits per heavy atom. The van der Waals surface area contributed by atoms with E-state index >= 15 is 0 Å². The fraction of sp³-hybridized carbons (Fsp3) is 0.333. The Kier molecular flexibility index (Phi) is 7.29. The number of anilines is 2. The molecular formula is C21H26ClN3O3. The smallest absolute Gasteiger partial charge is 0.243 e. The number of hydrogen-bond donors (Lipinski definition) is 3. The number of carbonyl (C=O) groups is 2. The molecular weight excluding hydrogens is 378 g/mol. The number of carbonyl (C=O) groups excluding carboxylic acids is 2. The zero-order valence-corrected chi connectivity index (χ0v) is 17.5. The third-order valence-electron chi connectivity index (χ3n) is 4.41. The molecule has 0 unspecified atom stereocenters. The van der Waals surface area contributed by atoms with Crippen LogP contribution >= 0.6 is 11.6 Å². The number of halogens is 1. The van der Waals surface area contributed by atoms with E-state index in [-0.39, 0.29) is 18.4 Å². The first-order valence-electron chi connectivity index (χ1n) is 8.97. The fourth-order valence-electron chi connectivity index (χ4n) is 2.76. The summed E-state index contributed by atoms with van der Waals surface area (Å²) >= 11 is 6.11. The second kappa shape index (κ2) is 9.46. The molecule has 28 heavy (non-hydrogen) atoms. The molecule has 2 aromatic rings. The molecule has 0 aliphatic carbocycles. The van der Waals surface area contributed by atoms with E-state index in [0.29, 0.717) is 16.5 Å². The van der Waals surface area contributed by atoms with Crippen LogP contribution in [-0.2, 0) is 9.59 Å². The zero-order chi connectivity index (χ0) is 20.8. The van der Waals surface area contributed by atoms with E-state index < -0.39 is 6.04 Å². The minimum Gasteiger partial charge on any atom is -0.495 e. The summed E-state index contributed by atoms with van der Waals surface area (Å²) in [5.74, 6) is -0.0350. The summed E-state index contributed by atoms with van der Waals surface area (Å²) in [6.45, 7) is 7.32. The quantitative estimate of drug-likeness (QED) is 0.656. The van der Waals surface area contributed by atoms with E-state index in [0.717, 1.165) is 22.4 Å². The molecule has 0 aliphatic heterocycles. The van der Waals surface area contributed by atoms with E-state index in [2.05, 4.69) is 16.0 Å². The van der Waals surface area contributed by atoms with Gasteiger partial charge in [-0.1, -0.05) is 29.8 Å². The van der Waals surface area contributed by atoms with Gasteiger partial charge >= 0.3 is 0 Å². The largest absolute Gasteiger partial charge is 0.495 e. The molecule has 0 bridgehead atoms. The molecule has 7 heteroatoms. The molecule has 150 valence electrons. The lowest BCUT2D eigenvalue weighted by Crippen LogP contribution is -2.41. The van der Waals surface area contributed by atoms with Crippen LogP contribution in [0.4, 0.5) is 11.4 Å². The van der Waals surface area contributed by atoms with Crippen molar-refractivity contribution in [3.05, 3.63) is 52.0 Å². The van der Waals surface area contributed by atoms with Crippen molar-refractivity contribution < 1.29 is 14.3 Å². The Bertz CT molecular complexity index is 863. The second-order valence-corrected chi connectivity index (χ2v) is 7.11. The van der Waals surface area contributed by atoms with E-state index in [1.165, 1.54) is 7.11 Å². The average molecular weight is 404 g/mol. The Morgan fingerprint density at radius 3 is 2.36 bits per heavy atom. The molecule has 0 saturated heterocycles. The highest BCUT2D eigenvalue weighted by atomic mass is 35.5. The third kappa shape index (κ3) is 5.39. The average Bonchev–Trinajstić information content (AvgIpc) is 2.65. The van der Waals surface area contributed by atoms with Gasteiger partial charge in [0, 0.05) is 16.8 Å². The van der Waals surface area contributed by atoms with Gasteiger partial charge < -0.3 is 20.7 Å². The minimum absolute atomic E-state index is 0.116. The number of ether oxygens (including phenoxy) is 1. The van der Waals surface area contributed by atoms with Gasteiger partial charge in [0.05, 0.1) is 19.3 Å². The summed E-state index contributed by atoms with van der Waals surface area (Å²) < 4.78 is 5.31. The summed E-state index contributed by atoms with van der Waals surface area (Å²) in [6, 6.07) is 8.73. The van der Waals surface area contributed by atoms with Crippen molar-refractivity contribution in [2.45, 2.75) is 33.7 Å². The SMILES string of the molecule is COc1cc(Cl)c(C)cc1N[C@H](C)C(=O)NCC(=O)Nc1c(C)cccc1C. The van der Waals surface area contributed by atoms with Crippen LogP contribution in [0.2, 0.25) is 5.02 Å². The van der Waals surface area contributed by atoms with Crippen molar-refractivity contribution in [3.8, 4) is 5.75 Å². The number of para-hydroxylation sites is 1. The van der Waals surface area contributed by atoms with Crippen LogP contribution in [-0.4, -0.2) is 31.5 Å². The minimum atomic E-state index is -0.567. The monoisotopic (exact) mass is 403 g/mol. The maximum atomic E-state index is 12.4. The van der Waals surface area contributed by atoms with E-state index in [4.69, 9.17) is 16.3 Å². The van der Waals surface area contributed by atoms with Crippen LogP contribution in [0, 0.1) is 20.8 Å². The number of amides is 2. The van der Waals surface area contributed by atoms with Crippen LogP contribution < -0.4 is 20.7 Å². The lowest BCUT2D eigenvalue weighted by atomic mass is 10.1. The summed E-state index contributed by atoms with van der Waals surface area (Å²) in [7, 11) is 1.54. The summed E-state index contributed by atoms with van der Waals surface area (Å²) in [5, 5.41) is 9.17. The molecule has 0 spiro atoms. The van der Waals surface area contributed by atoms with Gasteiger partial charge in [-0.15, -0.1) is 0 Å². The van der Waals surface area contributed by atoms with Crippen molar-refractivity contribution >= 4 is 34.8 Å². The number of nitrogens with one attached hydrogen (secondary N) is 3. The first kappa shape index (κ1) is 21.6. The second-order valence-electron chi connectivity index (χ2n) is 6.70. The molecule has 0 fully saturated rings. The normalized spacial score (nSPS) is 11.5. The maximum absolute atomic E-state index is 12.4. The fourth-order valence-corrected chi connectivity index (χ4v) is 2.91. The lowest BCUT2D eigenvalue weighted by molar-refractivity contribution is -0.124. The van der Waals surface area contributed by atoms with Crippen LogP contribution in [0.1, 0.15) is 23.6 Å². The summed E-state index contributed by atoms with van der Waals surface area (Å²) in [4.78, 5) is 24.6.